The zero-order valence-electron chi connectivity index (χ0n) is 12.0. The van der Waals surface area contributed by atoms with Crippen molar-refractivity contribution < 1.29 is 9.53 Å². The van der Waals surface area contributed by atoms with Crippen LogP contribution in [0.15, 0.2) is 36.8 Å². The van der Waals surface area contributed by atoms with E-state index in [0.29, 0.717) is 13.0 Å². The van der Waals surface area contributed by atoms with Crippen LogP contribution in [0.2, 0.25) is 0 Å². The Bertz CT molecular complexity index is 569. The molecule has 1 aromatic heterocycles. The number of nitrogens with zero attached hydrogens (tertiary/aromatic N) is 1. The van der Waals surface area contributed by atoms with Crippen LogP contribution in [-0.4, -0.2) is 35.6 Å². The maximum Gasteiger partial charge on any atom is 0.237 e. The highest BCUT2D eigenvalue weighted by Gasteiger charge is 2.14. The smallest absolute Gasteiger partial charge is 0.237 e. The zero-order chi connectivity index (χ0) is 15.1. The van der Waals surface area contributed by atoms with Crippen molar-refractivity contribution in [1.82, 2.24) is 15.3 Å². The first kappa shape index (κ1) is 15.1. The Morgan fingerprint density at radius 3 is 3.10 bits per heavy atom. The van der Waals surface area contributed by atoms with Gasteiger partial charge in [-0.2, -0.15) is 0 Å². The van der Waals surface area contributed by atoms with Crippen LogP contribution in [0.3, 0.4) is 0 Å². The molecule has 0 aliphatic carbocycles. The Kier molecular flexibility index (Phi) is 5.34. The van der Waals surface area contributed by atoms with Crippen LogP contribution in [0.4, 0.5) is 0 Å². The molecule has 1 unspecified atom stereocenters. The van der Waals surface area contributed by atoms with Gasteiger partial charge in [0.25, 0.3) is 0 Å². The van der Waals surface area contributed by atoms with E-state index < -0.39 is 6.04 Å². The molecule has 4 N–H and O–H groups in total. The fraction of sp³-hybridized carbons (Fsp3) is 0.333. The molecule has 0 aliphatic heterocycles. The van der Waals surface area contributed by atoms with Crippen molar-refractivity contribution in [2.45, 2.75) is 18.9 Å². The van der Waals surface area contributed by atoms with Crippen molar-refractivity contribution in [3.63, 3.8) is 0 Å². The summed E-state index contributed by atoms with van der Waals surface area (Å²) < 4.78 is 5.16. The van der Waals surface area contributed by atoms with Gasteiger partial charge in [0.1, 0.15) is 5.75 Å². The van der Waals surface area contributed by atoms with E-state index in [1.807, 2.05) is 24.3 Å². The second-order valence-electron chi connectivity index (χ2n) is 4.78. The van der Waals surface area contributed by atoms with Gasteiger partial charge in [-0.05, 0) is 24.1 Å². The quantitative estimate of drug-likeness (QED) is 0.697. The summed E-state index contributed by atoms with van der Waals surface area (Å²) >= 11 is 0. The zero-order valence-corrected chi connectivity index (χ0v) is 12.0. The van der Waals surface area contributed by atoms with Crippen molar-refractivity contribution in [2.24, 2.45) is 5.73 Å². The monoisotopic (exact) mass is 288 g/mol. The molecule has 0 bridgehead atoms. The summed E-state index contributed by atoms with van der Waals surface area (Å²) in [4.78, 5) is 18.7. The maximum atomic E-state index is 11.9. The molecule has 2 rings (SSSR count). The van der Waals surface area contributed by atoms with Gasteiger partial charge in [-0.25, -0.2) is 4.98 Å². The van der Waals surface area contributed by atoms with E-state index in [-0.39, 0.29) is 5.91 Å². The number of aromatic amines is 1. The molecule has 0 radical (unpaired) electrons. The third-order valence-electron chi connectivity index (χ3n) is 3.18. The van der Waals surface area contributed by atoms with Gasteiger partial charge >= 0.3 is 0 Å². The van der Waals surface area contributed by atoms with Gasteiger partial charge in [0.2, 0.25) is 5.91 Å². The number of carbonyl (C=O) groups is 1. The number of aromatic nitrogens is 2. The number of H-pyrrole nitrogens is 1. The molecule has 21 heavy (non-hydrogen) atoms. The third-order valence-corrected chi connectivity index (χ3v) is 3.18. The topological polar surface area (TPSA) is 93.0 Å². The number of hydrogen-bond donors (Lipinski definition) is 3. The number of carbonyl (C=O) groups excluding carboxylic acids is 1. The molecular formula is C15H20N4O2. The molecular weight excluding hydrogens is 268 g/mol. The Morgan fingerprint density at radius 2 is 2.38 bits per heavy atom. The van der Waals surface area contributed by atoms with E-state index in [2.05, 4.69) is 15.3 Å². The van der Waals surface area contributed by atoms with Crippen LogP contribution in [0.5, 0.6) is 5.75 Å². The number of hydrogen-bond acceptors (Lipinski definition) is 4. The van der Waals surface area contributed by atoms with Crippen molar-refractivity contribution >= 4 is 5.91 Å². The number of methoxy groups -OCH3 is 1. The molecule has 112 valence electrons. The highest BCUT2D eigenvalue weighted by Crippen LogP contribution is 2.12. The molecule has 0 spiro atoms. The van der Waals surface area contributed by atoms with Crippen molar-refractivity contribution in [3.05, 3.63) is 48.0 Å². The number of amides is 1. The lowest BCUT2D eigenvalue weighted by atomic mass is 10.1. The Hall–Kier alpha value is -2.34. The second kappa shape index (κ2) is 7.44. The highest BCUT2D eigenvalue weighted by atomic mass is 16.5. The normalized spacial score (nSPS) is 11.9. The molecule has 1 atom stereocenters. The predicted molar refractivity (Wildman–Crippen MR) is 80.0 cm³/mol. The minimum Gasteiger partial charge on any atom is -0.497 e. The summed E-state index contributed by atoms with van der Waals surface area (Å²) in [6.45, 7) is 0.544. The van der Waals surface area contributed by atoms with E-state index in [9.17, 15) is 4.79 Å². The fourth-order valence-corrected chi connectivity index (χ4v) is 2.02. The summed E-state index contributed by atoms with van der Waals surface area (Å²) in [5.74, 6) is 0.655. The van der Waals surface area contributed by atoms with E-state index in [4.69, 9.17) is 10.5 Å². The Labute approximate surface area is 123 Å². The third kappa shape index (κ3) is 4.61. The highest BCUT2D eigenvalue weighted by molar-refractivity contribution is 5.81. The van der Waals surface area contributed by atoms with Crippen LogP contribution < -0.4 is 15.8 Å². The Morgan fingerprint density at radius 1 is 1.52 bits per heavy atom. The van der Waals surface area contributed by atoms with Crippen LogP contribution in [-0.2, 0) is 17.6 Å². The minimum atomic E-state index is -0.573. The average Bonchev–Trinajstić information content (AvgIpc) is 3.00. The summed E-state index contributed by atoms with van der Waals surface area (Å²) in [6.07, 6.45) is 4.43. The van der Waals surface area contributed by atoms with Gasteiger partial charge in [0, 0.05) is 24.9 Å². The number of nitrogens with one attached hydrogen (secondary N) is 2. The second-order valence-corrected chi connectivity index (χ2v) is 4.78. The number of benzene rings is 1. The van der Waals surface area contributed by atoms with Gasteiger partial charge in [0.15, 0.2) is 0 Å². The first-order chi connectivity index (χ1) is 10.2. The molecule has 0 saturated heterocycles. The first-order valence-electron chi connectivity index (χ1n) is 6.82. The van der Waals surface area contributed by atoms with Crippen molar-refractivity contribution in [2.75, 3.05) is 13.7 Å². The van der Waals surface area contributed by atoms with Gasteiger partial charge in [0.05, 0.1) is 19.5 Å². The lowest BCUT2D eigenvalue weighted by Crippen LogP contribution is -2.42. The largest absolute Gasteiger partial charge is 0.497 e. The summed E-state index contributed by atoms with van der Waals surface area (Å²) in [5, 5.41) is 2.84. The Balaban J connectivity index is 1.75. The number of ether oxygens (including phenoxy) is 1. The van der Waals surface area contributed by atoms with Crippen molar-refractivity contribution in [3.8, 4) is 5.75 Å². The molecule has 6 nitrogen and oxygen atoms in total. The average molecular weight is 288 g/mol. The first-order valence-corrected chi connectivity index (χ1v) is 6.82. The van der Waals surface area contributed by atoms with E-state index in [0.717, 1.165) is 23.4 Å². The van der Waals surface area contributed by atoms with Gasteiger partial charge in [-0.3, -0.25) is 4.79 Å². The summed E-state index contributed by atoms with van der Waals surface area (Å²) in [6, 6.07) is 7.20. The molecule has 1 amide bonds. The van der Waals surface area contributed by atoms with E-state index in [1.165, 1.54) is 0 Å². The molecule has 1 heterocycles. The van der Waals surface area contributed by atoms with E-state index >= 15 is 0 Å². The van der Waals surface area contributed by atoms with Gasteiger partial charge in [-0.1, -0.05) is 12.1 Å². The number of imidazole rings is 1. The molecule has 2 aromatic rings. The molecule has 0 aliphatic rings. The van der Waals surface area contributed by atoms with Crippen LogP contribution in [0.1, 0.15) is 11.3 Å². The van der Waals surface area contributed by atoms with Crippen LogP contribution in [0.25, 0.3) is 0 Å². The van der Waals surface area contributed by atoms with E-state index in [1.54, 1.807) is 19.6 Å². The van der Waals surface area contributed by atoms with Gasteiger partial charge in [-0.15, -0.1) is 0 Å². The molecule has 6 heteroatoms. The molecule has 0 fully saturated rings. The predicted octanol–water partition coefficient (Wildman–Crippen LogP) is 0.647. The fourth-order valence-electron chi connectivity index (χ4n) is 2.02. The lowest BCUT2D eigenvalue weighted by Gasteiger charge is -2.11. The molecule has 0 saturated carbocycles. The maximum absolute atomic E-state index is 11.9. The van der Waals surface area contributed by atoms with Crippen molar-refractivity contribution in [1.29, 1.82) is 0 Å². The SMILES string of the molecule is COc1cccc(CCNC(=O)C(N)Cc2cnc[nH]2)c1. The van der Waals surface area contributed by atoms with Crippen LogP contribution in [0, 0.1) is 0 Å². The standard InChI is InChI=1S/C15H20N4O2/c1-21-13-4-2-3-11(7-13)5-6-18-15(20)14(16)8-12-9-17-10-19-12/h2-4,7,9-10,14H,5-6,8,16H2,1H3,(H,17,19)(H,18,20). The minimum absolute atomic E-state index is 0.160. The number of rotatable bonds is 7. The summed E-state index contributed by atoms with van der Waals surface area (Å²) in [5.41, 5.74) is 7.81. The number of nitrogens with two attached hydrogens (primary N) is 1. The van der Waals surface area contributed by atoms with Gasteiger partial charge < -0.3 is 20.8 Å². The lowest BCUT2D eigenvalue weighted by molar-refractivity contribution is -0.122. The van der Waals surface area contributed by atoms with Crippen LogP contribution >= 0.6 is 0 Å². The summed E-state index contributed by atoms with van der Waals surface area (Å²) in [7, 11) is 1.63. The molecule has 1 aromatic carbocycles.